The van der Waals surface area contributed by atoms with Crippen LogP contribution in [-0.4, -0.2) is 67.8 Å². The maximum atomic E-state index is 12.0. The van der Waals surface area contributed by atoms with Gasteiger partial charge in [-0.2, -0.15) is 17.4 Å². The lowest BCUT2D eigenvalue weighted by atomic mass is 10.1. The van der Waals surface area contributed by atoms with Crippen LogP contribution in [0.3, 0.4) is 0 Å². The van der Waals surface area contributed by atoms with Crippen molar-refractivity contribution >= 4 is 22.1 Å². The van der Waals surface area contributed by atoms with Crippen molar-refractivity contribution in [2.75, 3.05) is 27.2 Å². The molecule has 1 saturated heterocycles. The summed E-state index contributed by atoms with van der Waals surface area (Å²) in [4.78, 5) is 23.7. The van der Waals surface area contributed by atoms with E-state index in [1.807, 2.05) is 0 Å². The van der Waals surface area contributed by atoms with Gasteiger partial charge in [-0.25, -0.2) is 0 Å². The van der Waals surface area contributed by atoms with E-state index in [0.717, 1.165) is 4.31 Å². The topological polar surface area (TPSA) is 107 Å². The summed E-state index contributed by atoms with van der Waals surface area (Å²) in [5.74, 6) is -1.56. The number of hydrogen-bond acceptors (Lipinski definition) is 4. The summed E-state index contributed by atoms with van der Waals surface area (Å²) in [7, 11) is -0.928. The van der Waals surface area contributed by atoms with Gasteiger partial charge < -0.3 is 10.0 Å². The Hall–Kier alpha value is -1.19. The van der Waals surface area contributed by atoms with E-state index in [0.29, 0.717) is 12.8 Å². The standard InChI is InChI=1S/C10H19N3O5S/c1-12(2)9(14)7-11-19(17,18)13-6-4-3-5-8(13)10(15)16/h8,11H,3-7H2,1-2H3,(H,15,16). The Morgan fingerprint density at radius 2 is 2.00 bits per heavy atom. The molecule has 1 atom stereocenters. The van der Waals surface area contributed by atoms with Crippen molar-refractivity contribution in [2.24, 2.45) is 0 Å². The summed E-state index contributed by atoms with van der Waals surface area (Å²) >= 11 is 0. The number of carboxylic acid groups (broad SMARTS) is 1. The lowest BCUT2D eigenvalue weighted by Crippen LogP contribution is -2.53. The summed E-state index contributed by atoms with van der Waals surface area (Å²) in [5, 5.41) is 9.03. The predicted octanol–water partition coefficient (Wildman–Crippen LogP) is -1.15. The molecule has 1 heterocycles. The van der Waals surface area contributed by atoms with Crippen molar-refractivity contribution in [2.45, 2.75) is 25.3 Å². The molecule has 2 N–H and O–H groups in total. The molecule has 1 fully saturated rings. The molecule has 0 aromatic rings. The lowest BCUT2D eigenvalue weighted by Gasteiger charge is -2.31. The summed E-state index contributed by atoms with van der Waals surface area (Å²) in [5.41, 5.74) is 0. The van der Waals surface area contributed by atoms with Crippen LogP contribution >= 0.6 is 0 Å². The zero-order valence-corrected chi connectivity index (χ0v) is 11.8. The number of likely N-dealkylation sites (N-methyl/N-ethyl adjacent to an activating group) is 1. The van der Waals surface area contributed by atoms with E-state index in [4.69, 9.17) is 5.11 Å². The molecule has 0 bridgehead atoms. The Bertz CT molecular complexity index is 448. The zero-order valence-electron chi connectivity index (χ0n) is 11.0. The molecule has 0 saturated carbocycles. The molecule has 110 valence electrons. The lowest BCUT2D eigenvalue weighted by molar-refractivity contribution is -0.142. The minimum atomic E-state index is -3.95. The Morgan fingerprint density at radius 3 is 2.53 bits per heavy atom. The van der Waals surface area contributed by atoms with E-state index in [2.05, 4.69) is 4.72 Å². The van der Waals surface area contributed by atoms with Crippen LogP contribution in [0.25, 0.3) is 0 Å². The summed E-state index contributed by atoms with van der Waals surface area (Å²) in [6.07, 6.45) is 1.59. The number of carboxylic acids is 1. The Morgan fingerprint density at radius 1 is 1.37 bits per heavy atom. The minimum absolute atomic E-state index is 0.155. The van der Waals surface area contributed by atoms with Crippen molar-refractivity contribution < 1.29 is 23.1 Å². The molecule has 1 aliphatic rings. The van der Waals surface area contributed by atoms with Gasteiger partial charge in [-0.05, 0) is 19.3 Å². The fourth-order valence-corrected chi connectivity index (χ4v) is 3.21. The number of amides is 1. The second-order valence-corrected chi connectivity index (χ2v) is 6.28. The van der Waals surface area contributed by atoms with Gasteiger partial charge >= 0.3 is 5.97 Å². The van der Waals surface area contributed by atoms with Gasteiger partial charge in [-0.3, -0.25) is 9.59 Å². The third kappa shape index (κ3) is 4.15. The molecule has 1 rings (SSSR count). The average Bonchev–Trinajstić information content (AvgIpc) is 2.35. The van der Waals surface area contributed by atoms with E-state index in [-0.39, 0.29) is 19.5 Å². The van der Waals surface area contributed by atoms with Crippen molar-refractivity contribution in [1.29, 1.82) is 0 Å². The predicted molar refractivity (Wildman–Crippen MR) is 67.6 cm³/mol. The highest BCUT2D eigenvalue weighted by Crippen LogP contribution is 2.19. The normalized spacial score (nSPS) is 21.1. The van der Waals surface area contributed by atoms with E-state index >= 15 is 0 Å². The monoisotopic (exact) mass is 293 g/mol. The highest BCUT2D eigenvalue weighted by atomic mass is 32.2. The molecule has 1 unspecified atom stereocenters. The van der Waals surface area contributed by atoms with Gasteiger partial charge in [-0.15, -0.1) is 0 Å². The van der Waals surface area contributed by atoms with Gasteiger partial charge in [0.2, 0.25) is 5.91 Å². The maximum Gasteiger partial charge on any atom is 0.322 e. The van der Waals surface area contributed by atoms with Gasteiger partial charge in [0.25, 0.3) is 10.2 Å². The molecule has 0 radical (unpaired) electrons. The van der Waals surface area contributed by atoms with Gasteiger partial charge in [-0.1, -0.05) is 0 Å². The molecule has 1 amide bonds. The van der Waals surface area contributed by atoms with Crippen LogP contribution in [0, 0.1) is 0 Å². The number of piperidine rings is 1. The number of hydrogen-bond donors (Lipinski definition) is 2. The zero-order chi connectivity index (χ0) is 14.6. The highest BCUT2D eigenvalue weighted by molar-refractivity contribution is 7.87. The van der Waals surface area contributed by atoms with Gasteiger partial charge in [0.1, 0.15) is 6.04 Å². The van der Waals surface area contributed by atoms with Crippen LogP contribution in [0.4, 0.5) is 0 Å². The third-order valence-electron chi connectivity index (χ3n) is 2.95. The van der Waals surface area contributed by atoms with E-state index in [1.165, 1.54) is 19.0 Å². The molecule has 8 nitrogen and oxygen atoms in total. The largest absolute Gasteiger partial charge is 0.480 e. The molecular weight excluding hydrogens is 274 g/mol. The van der Waals surface area contributed by atoms with Crippen LogP contribution in [0.1, 0.15) is 19.3 Å². The first-order chi connectivity index (χ1) is 8.75. The third-order valence-corrected chi connectivity index (χ3v) is 4.52. The quantitative estimate of drug-likeness (QED) is 0.665. The molecule has 19 heavy (non-hydrogen) atoms. The van der Waals surface area contributed by atoms with E-state index < -0.39 is 28.1 Å². The number of rotatable bonds is 5. The summed E-state index contributed by atoms with van der Waals surface area (Å²) in [6.45, 7) is -0.222. The second-order valence-electron chi connectivity index (χ2n) is 4.57. The van der Waals surface area contributed by atoms with Crippen LogP contribution in [0.15, 0.2) is 0 Å². The van der Waals surface area contributed by atoms with Crippen molar-refractivity contribution in [3.05, 3.63) is 0 Å². The highest BCUT2D eigenvalue weighted by Gasteiger charge is 2.36. The SMILES string of the molecule is CN(C)C(=O)CNS(=O)(=O)N1CCCCC1C(=O)O. The first kappa shape index (κ1) is 15.9. The molecule has 0 aromatic heterocycles. The first-order valence-corrected chi connectivity index (χ1v) is 7.39. The Labute approximate surface area is 112 Å². The van der Waals surface area contributed by atoms with E-state index in [9.17, 15) is 18.0 Å². The van der Waals surface area contributed by atoms with Gasteiger partial charge in [0, 0.05) is 20.6 Å². The Balaban J connectivity index is 2.74. The van der Waals surface area contributed by atoms with Crippen LogP contribution in [-0.2, 0) is 19.8 Å². The number of carbonyl (C=O) groups is 2. The van der Waals surface area contributed by atoms with Crippen molar-refractivity contribution in [3.63, 3.8) is 0 Å². The maximum absolute atomic E-state index is 12.0. The summed E-state index contributed by atoms with van der Waals surface area (Å²) in [6, 6.07) is -1.05. The second kappa shape index (κ2) is 6.31. The van der Waals surface area contributed by atoms with Crippen molar-refractivity contribution in [1.82, 2.24) is 13.9 Å². The summed E-state index contributed by atoms with van der Waals surface area (Å²) < 4.78 is 27.1. The minimum Gasteiger partial charge on any atom is -0.480 e. The number of carbonyl (C=O) groups excluding carboxylic acids is 1. The molecule has 1 aliphatic heterocycles. The number of nitrogens with one attached hydrogen (secondary N) is 1. The fraction of sp³-hybridized carbons (Fsp3) is 0.800. The van der Waals surface area contributed by atoms with Gasteiger partial charge in [0.05, 0.1) is 6.54 Å². The number of nitrogens with zero attached hydrogens (tertiary/aromatic N) is 2. The molecule has 9 heteroatoms. The van der Waals surface area contributed by atoms with Crippen LogP contribution in [0.5, 0.6) is 0 Å². The molecular formula is C10H19N3O5S. The molecule has 0 aliphatic carbocycles. The van der Waals surface area contributed by atoms with Crippen LogP contribution < -0.4 is 4.72 Å². The molecule has 0 aromatic carbocycles. The molecule has 0 spiro atoms. The fourth-order valence-electron chi connectivity index (χ4n) is 1.83. The number of aliphatic carboxylic acids is 1. The first-order valence-electron chi connectivity index (χ1n) is 5.95. The smallest absolute Gasteiger partial charge is 0.322 e. The Kier molecular flexibility index (Phi) is 5.27. The van der Waals surface area contributed by atoms with Crippen LogP contribution in [0.2, 0.25) is 0 Å². The van der Waals surface area contributed by atoms with Crippen molar-refractivity contribution in [3.8, 4) is 0 Å². The van der Waals surface area contributed by atoms with Gasteiger partial charge in [0.15, 0.2) is 0 Å². The van der Waals surface area contributed by atoms with E-state index in [1.54, 1.807) is 0 Å². The average molecular weight is 293 g/mol.